The fraction of sp³-hybridized carbons (Fsp3) is 0.368. The fourth-order valence-corrected chi connectivity index (χ4v) is 3.25. The lowest BCUT2D eigenvalue weighted by molar-refractivity contribution is 0.105. The van der Waals surface area contributed by atoms with Gasteiger partial charge in [0.2, 0.25) is 0 Å². The van der Waals surface area contributed by atoms with Crippen LogP contribution in [-0.4, -0.2) is 33.3 Å². The van der Waals surface area contributed by atoms with Crippen LogP contribution in [-0.2, 0) is 14.3 Å². The van der Waals surface area contributed by atoms with E-state index in [1.165, 1.54) is 19.2 Å². The minimum Gasteiger partial charge on any atom is -0.493 e. The van der Waals surface area contributed by atoms with E-state index in [1.54, 1.807) is 30.3 Å². The number of hydrogen-bond acceptors (Lipinski definition) is 6. The molecule has 0 fully saturated rings. The third-order valence-electron chi connectivity index (χ3n) is 3.63. The van der Waals surface area contributed by atoms with Crippen molar-refractivity contribution in [1.29, 1.82) is 0 Å². The van der Waals surface area contributed by atoms with Crippen LogP contribution >= 0.6 is 0 Å². The number of methoxy groups -OCH3 is 1. The first kappa shape index (κ1) is 20.2. The molecular formula is C19H24O6S. The first-order valence-corrected chi connectivity index (χ1v) is 9.63. The van der Waals surface area contributed by atoms with Gasteiger partial charge in [0, 0.05) is 5.56 Å². The monoisotopic (exact) mass is 380 g/mol. The predicted molar refractivity (Wildman–Crippen MR) is 98.0 cm³/mol. The van der Waals surface area contributed by atoms with Crippen molar-refractivity contribution in [2.24, 2.45) is 0 Å². The van der Waals surface area contributed by atoms with Crippen LogP contribution in [0, 0.1) is 6.92 Å². The van der Waals surface area contributed by atoms with Crippen LogP contribution in [0.15, 0.2) is 47.4 Å². The standard InChI is InChI=1S/C19H24O6S/c1-13(2)25-19-16(6-5-7-18(19)23-4)17(20)12-24-26(21,22)15-10-8-14(3)9-11-15/h5-11,13,17,20H,12H2,1-4H3/t17-/m1/s1. The molecule has 0 aromatic heterocycles. The molecule has 142 valence electrons. The molecule has 0 bridgehead atoms. The number of benzene rings is 2. The summed E-state index contributed by atoms with van der Waals surface area (Å²) in [6, 6.07) is 11.3. The van der Waals surface area contributed by atoms with Gasteiger partial charge in [-0.1, -0.05) is 29.8 Å². The largest absolute Gasteiger partial charge is 0.493 e. The van der Waals surface area contributed by atoms with Gasteiger partial charge in [-0.15, -0.1) is 0 Å². The molecule has 0 radical (unpaired) electrons. The summed E-state index contributed by atoms with van der Waals surface area (Å²) >= 11 is 0. The number of aryl methyl sites for hydroxylation is 1. The van der Waals surface area contributed by atoms with E-state index in [1.807, 2.05) is 20.8 Å². The molecule has 26 heavy (non-hydrogen) atoms. The molecule has 0 aliphatic carbocycles. The highest BCUT2D eigenvalue weighted by atomic mass is 32.2. The Kier molecular flexibility index (Phi) is 6.63. The first-order valence-electron chi connectivity index (χ1n) is 8.22. The van der Waals surface area contributed by atoms with Crippen LogP contribution in [0.1, 0.15) is 31.1 Å². The first-order chi connectivity index (χ1) is 12.2. The van der Waals surface area contributed by atoms with Gasteiger partial charge < -0.3 is 14.6 Å². The van der Waals surface area contributed by atoms with E-state index in [4.69, 9.17) is 13.7 Å². The smallest absolute Gasteiger partial charge is 0.297 e. The minimum atomic E-state index is -3.96. The van der Waals surface area contributed by atoms with Gasteiger partial charge in [0.1, 0.15) is 6.10 Å². The average Bonchev–Trinajstić information content (AvgIpc) is 2.60. The number of aliphatic hydroxyl groups excluding tert-OH is 1. The van der Waals surface area contributed by atoms with E-state index >= 15 is 0 Å². The van der Waals surface area contributed by atoms with Crippen LogP contribution in [0.5, 0.6) is 11.5 Å². The van der Waals surface area contributed by atoms with Crippen LogP contribution < -0.4 is 9.47 Å². The zero-order chi connectivity index (χ0) is 19.3. The van der Waals surface area contributed by atoms with E-state index in [-0.39, 0.29) is 11.0 Å². The zero-order valence-corrected chi connectivity index (χ0v) is 16.1. The van der Waals surface area contributed by atoms with Crippen LogP contribution in [0.25, 0.3) is 0 Å². The normalized spacial score (nSPS) is 12.8. The number of ether oxygens (including phenoxy) is 2. The SMILES string of the molecule is COc1cccc([C@H](O)COS(=O)(=O)c2ccc(C)cc2)c1OC(C)C. The quantitative estimate of drug-likeness (QED) is 0.708. The molecule has 2 aromatic carbocycles. The lowest BCUT2D eigenvalue weighted by Crippen LogP contribution is -2.16. The summed E-state index contributed by atoms with van der Waals surface area (Å²) in [7, 11) is -2.47. The van der Waals surface area contributed by atoms with E-state index in [2.05, 4.69) is 0 Å². The van der Waals surface area contributed by atoms with Crippen molar-refractivity contribution in [2.45, 2.75) is 37.9 Å². The second-order valence-corrected chi connectivity index (χ2v) is 7.73. The highest BCUT2D eigenvalue weighted by molar-refractivity contribution is 7.86. The molecule has 1 atom stereocenters. The maximum atomic E-state index is 12.3. The summed E-state index contributed by atoms with van der Waals surface area (Å²) in [6.45, 7) is 5.12. The lowest BCUT2D eigenvalue weighted by atomic mass is 10.1. The summed E-state index contributed by atoms with van der Waals surface area (Å²) in [5.41, 5.74) is 1.34. The Bertz CT molecular complexity index is 828. The van der Waals surface area contributed by atoms with E-state index in [0.29, 0.717) is 17.1 Å². The molecule has 0 heterocycles. The van der Waals surface area contributed by atoms with Crippen molar-refractivity contribution >= 4 is 10.1 Å². The summed E-state index contributed by atoms with van der Waals surface area (Å²) in [4.78, 5) is 0.0413. The van der Waals surface area contributed by atoms with Gasteiger partial charge in [0.25, 0.3) is 10.1 Å². The zero-order valence-electron chi connectivity index (χ0n) is 15.3. The Morgan fingerprint density at radius 1 is 1.08 bits per heavy atom. The van der Waals surface area contributed by atoms with Crippen molar-refractivity contribution < 1.29 is 27.2 Å². The van der Waals surface area contributed by atoms with Gasteiger partial charge in [0.05, 0.1) is 24.7 Å². The number of aliphatic hydroxyl groups is 1. The molecule has 6 nitrogen and oxygen atoms in total. The fourth-order valence-electron chi connectivity index (χ4n) is 2.33. The predicted octanol–water partition coefficient (Wildman–Crippen LogP) is 3.23. The summed E-state index contributed by atoms with van der Waals surface area (Å²) in [6.07, 6.45) is -1.34. The Balaban J connectivity index is 2.19. The second kappa shape index (κ2) is 8.53. The molecule has 0 unspecified atom stereocenters. The van der Waals surface area contributed by atoms with Gasteiger partial charge in [-0.2, -0.15) is 8.42 Å². The molecule has 7 heteroatoms. The Morgan fingerprint density at radius 3 is 2.31 bits per heavy atom. The van der Waals surface area contributed by atoms with Crippen molar-refractivity contribution in [3.8, 4) is 11.5 Å². The number of para-hydroxylation sites is 1. The van der Waals surface area contributed by atoms with Crippen molar-refractivity contribution in [3.63, 3.8) is 0 Å². The van der Waals surface area contributed by atoms with Crippen LogP contribution in [0.4, 0.5) is 0 Å². The minimum absolute atomic E-state index is 0.0413. The summed E-state index contributed by atoms with van der Waals surface area (Å²) in [5.74, 6) is 0.825. The highest BCUT2D eigenvalue weighted by Crippen LogP contribution is 2.36. The highest BCUT2D eigenvalue weighted by Gasteiger charge is 2.22. The Morgan fingerprint density at radius 2 is 1.73 bits per heavy atom. The van der Waals surface area contributed by atoms with Crippen LogP contribution in [0.2, 0.25) is 0 Å². The molecule has 2 rings (SSSR count). The third kappa shape index (κ3) is 4.97. The Labute approximate surface area is 154 Å². The molecule has 2 aromatic rings. The van der Waals surface area contributed by atoms with Gasteiger partial charge >= 0.3 is 0 Å². The third-order valence-corrected chi connectivity index (χ3v) is 4.93. The number of rotatable bonds is 8. The molecule has 1 N–H and O–H groups in total. The molecule has 0 saturated heterocycles. The topological polar surface area (TPSA) is 82.1 Å². The average molecular weight is 380 g/mol. The molecule has 0 saturated carbocycles. The Hall–Kier alpha value is -2.09. The van der Waals surface area contributed by atoms with Crippen LogP contribution in [0.3, 0.4) is 0 Å². The van der Waals surface area contributed by atoms with Gasteiger partial charge in [0.15, 0.2) is 11.5 Å². The maximum Gasteiger partial charge on any atom is 0.297 e. The van der Waals surface area contributed by atoms with Gasteiger partial charge in [-0.3, -0.25) is 4.18 Å². The van der Waals surface area contributed by atoms with Crippen molar-refractivity contribution in [1.82, 2.24) is 0 Å². The van der Waals surface area contributed by atoms with E-state index < -0.39 is 22.8 Å². The summed E-state index contributed by atoms with van der Waals surface area (Å²) < 4.78 is 40.6. The van der Waals surface area contributed by atoms with Gasteiger partial charge in [-0.25, -0.2) is 0 Å². The van der Waals surface area contributed by atoms with E-state index in [9.17, 15) is 13.5 Å². The molecule has 0 aliphatic rings. The van der Waals surface area contributed by atoms with Gasteiger partial charge in [-0.05, 0) is 39.0 Å². The molecule has 0 aliphatic heterocycles. The summed E-state index contributed by atoms with van der Waals surface area (Å²) in [5, 5.41) is 10.5. The van der Waals surface area contributed by atoms with Crippen molar-refractivity contribution in [3.05, 3.63) is 53.6 Å². The molecule has 0 spiro atoms. The number of hydrogen-bond donors (Lipinski definition) is 1. The maximum absolute atomic E-state index is 12.3. The van der Waals surface area contributed by atoms with E-state index in [0.717, 1.165) is 5.56 Å². The molecular weight excluding hydrogens is 356 g/mol. The second-order valence-electron chi connectivity index (χ2n) is 6.11. The lowest BCUT2D eigenvalue weighted by Gasteiger charge is -2.20. The molecule has 0 amide bonds. The van der Waals surface area contributed by atoms with Crippen molar-refractivity contribution in [2.75, 3.05) is 13.7 Å².